The molecule has 1 aromatic carbocycles. The zero-order valence-corrected chi connectivity index (χ0v) is 13.6. The van der Waals surface area contributed by atoms with E-state index in [9.17, 15) is 0 Å². The van der Waals surface area contributed by atoms with Gasteiger partial charge < -0.3 is 5.32 Å². The van der Waals surface area contributed by atoms with Crippen LogP contribution in [0.25, 0.3) is 10.9 Å². The molecule has 0 aliphatic rings. The number of thiazole rings is 1. The number of benzene rings is 1. The topological polar surface area (TPSA) is 37.8 Å². The van der Waals surface area contributed by atoms with Crippen LogP contribution in [-0.4, -0.2) is 9.97 Å². The summed E-state index contributed by atoms with van der Waals surface area (Å²) in [5.41, 5.74) is 3.30. The van der Waals surface area contributed by atoms with Crippen LogP contribution >= 0.6 is 11.3 Å². The molecule has 108 valence electrons. The number of hydrogen-bond acceptors (Lipinski definition) is 4. The van der Waals surface area contributed by atoms with Gasteiger partial charge in [0.1, 0.15) is 5.82 Å². The van der Waals surface area contributed by atoms with Crippen LogP contribution in [0.15, 0.2) is 30.3 Å². The highest BCUT2D eigenvalue weighted by atomic mass is 32.1. The average Bonchev–Trinajstić information content (AvgIpc) is 2.78. The third kappa shape index (κ3) is 2.76. The summed E-state index contributed by atoms with van der Waals surface area (Å²) in [6.07, 6.45) is 0. The molecule has 4 heteroatoms. The number of aryl methyl sites for hydroxylation is 3. The van der Waals surface area contributed by atoms with Crippen molar-refractivity contribution in [1.82, 2.24) is 9.97 Å². The molecule has 0 aliphatic carbocycles. The Kier molecular flexibility index (Phi) is 3.64. The van der Waals surface area contributed by atoms with E-state index in [4.69, 9.17) is 4.98 Å². The second kappa shape index (κ2) is 5.45. The number of rotatable bonds is 3. The summed E-state index contributed by atoms with van der Waals surface area (Å²) < 4.78 is 0. The molecule has 0 saturated heterocycles. The molecular formula is C17H19N3S. The van der Waals surface area contributed by atoms with Crippen LogP contribution in [-0.2, 0) is 0 Å². The van der Waals surface area contributed by atoms with Crippen LogP contribution in [0.2, 0.25) is 0 Å². The van der Waals surface area contributed by atoms with E-state index >= 15 is 0 Å². The molecule has 1 unspecified atom stereocenters. The summed E-state index contributed by atoms with van der Waals surface area (Å²) in [6.45, 7) is 8.38. The maximum Gasteiger partial charge on any atom is 0.130 e. The first kappa shape index (κ1) is 14.0. The van der Waals surface area contributed by atoms with Gasteiger partial charge in [-0.2, -0.15) is 0 Å². The summed E-state index contributed by atoms with van der Waals surface area (Å²) >= 11 is 1.75. The maximum absolute atomic E-state index is 4.75. The van der Waals surface area contributed by atoms with E-state index in [0.29, 0.717) is 0 Å². The monoisotopic (exact) mass is 297 g/mol. The quantitative estimate of drug-likeness (QED) is 0.755. The second-order valence-corrected chi connectivity index (χ2v) is 6.63. The van der Waals surface area contributed by atoms with Crippen LogP contribution in [0.1, 0.15) is 34.1 Å². The van der Waals surface area contributed by atoms with Gasteiger partial charge in [0.2, 0.25) is 0 Å². The number of hydrogen-bond donors (Lipinski definition) is 1. The molecule has 2 aromatic heterocycles. The zero-order valence-electron chi connectivity index (χ0n) is 12.8. The summed E-state index contributed by atoms with van der Waals surface area (Å²) in [6, 6.07) is 10.6. The van der Waals surface area contributed by atoms with Gasteiger partial charge in [-0.15, -0.1) is 11.3 Å². The Balaban J connectivity index is 1.94. The number of pyridine rings is 1. The molecule has 1 atom stereocenters. The molecule has 21 heavy (non-hydrogen) atoms. The molecule has 0 aliphatic heterocycles. The summed E-state index contributed by atoms with van der Waals surface area (Å²) in [5.74, 6) is 0.951. The Morgan fingerprint density at radius 2 is 1.86 bits per heavy atom. The minimum absolute atomic E-state index is 0.212. The number of aromatic nitrogens is 2. The Labute approximate surface area is 129 Å². The smallest absolute Gasteiger partial charge is 0.130 e. The SMILES string of the molecule is Cc1nc(C)c(C(C)Nc2nc3ccccc3cc2C)s1. The fraction of sp³-hybridized carbons (Fsp3) is 0.294. The molecule has 0 amide bonds. The molecule has 0 spiro atoms. The van der Waals surface area contributed by atoms with Gasteiger partial charge in [-0.25, -0.2) is 9.97 Å². The summed E-state index contributed by atoms with van der Waals surface area (Å²) in [4.78, 5) is 10.5. The predicted octanol–water partition coefficient (Wildman–Crippen LogP) is 4.79. The van der Waals surface area contributed by atoms with E-state index in [-0.39, 0.29) is 6.04 Å². The van der Waals surface area contributed by atoms with Gasteiger partial charge in [-0.05, 0) is 45.4 Å². The molecule has 0 radical (unpaired) electrons. The minimum Gasteiger partial charge on any atom is -0.362 e. The molecule has 2 heterocycles. The molecule has 3 aromatic rings. The van der Waals surface area contributed by atoms with Gasteiger partial charge in [0.25, 0.3) is 0 Å². The minimum atomic E-state index is 0.212. The van der Waals surface area contributed by atoms with E-state index in [2.05, 4.69) is 43.2 Å². The van der Waals surface area contributed by atoms with E-state index < -0.39 is 0 Å². The van der Waals surface area contributed by atoms with Crippen LogP contribution in [0.5, 0.6) is 0 Å². The fourth-order valence-electron chi connectivity index (χ4n) is 2.59. The first-order valence-corrected chi connectivity index (χ1v) is 7.93. The lowest BCUT2D eigenvalue weighted by atomic mass is 10.1. The molecule has 3 rings (SSSR count). The molecule has 3 nitrogen and oxygen atoms in total. The maximum atomic E-state index is 4.75. The summed E-state index contributed by atoms with van der Waals surface area (Å²) in [5, 5.41) is 5.82. The van der Waals surface area contributed by atoms with Crippen molar-refractivity contribution in [3.63, 3.8) is 0 Å². The molecule has 1 N–H and O–H groups in total. The van der Waals surface area contributed by atoms with Crippen LogP contribution in [0.3, 0.4) is 0 Å². The van der Waals surface area contributed by atoms with Gasteiger partial charge in [0.05, 0.1) is 22.3 Å². The van der Waals surface area contributed by atoms with Crippen molar-refractivity contribution >= 4 is 28.1 Å². The van der Waals surface area contributed by atoms with Crippen molar-refractivity contribution in [2.24, 2.45) is 0 Å². The largest absolute Gasteiger partial charge is 0.362 e. The van der Waals surface area contributed by atoms with Crippen molar-refractivity contribution in [1.29, 1.82) is 0 Å². The first-order valence-electron chi connectivity index (χ1n) is 7.11. The fourth-order valence-corrected chi connectivity index (χ4v) is 3.52. The van der Waals surface area contributed by atoms with Gasteiger partial charge in [-0.3, -0.25) is 0 Å². The van der Waals surface area contributed by atoms with Crippen LogP contribution < -0.4 is 5.32 Å². The third-order valence-corrected chi connectivity index (χ3v) is 4.86. The van der Waals surface area contributed by atoms with Crippen molar-refractivity contribution < 1.29 is 0 Å². The average molecular weight is 297 g/mol. The molecular weight excluding hydrogens is 278 g/mol. The Morgan fingerprint density at radius 3 is 2.57 bits per heavy atom. The zero-order chi connectivity index (χ0) is 15.0. The highest BCUT2D eigenvalue weighted by Crippen LogP contribution is 2.29. The second-order valence-electron chi connectivity index (χ2n) is 5.40. The Bertz CT molecular complexity index is 792. The predicted molar refractivity (Wildman–Crippen MR) is 90.1 cm³/mol. The number of nitrogens with one attached hydrogen (secondary N) is 1. The van der Waals surface area contributed by atoms with Crippen molar-refractivity contribution in [3.8, 4) is 0 Å². The van der Waals surface area contributed by atoms with Gasteiger partial charge in [0.15, 0.2) is 0 Å². The van der Waals surface area contributed by atoms with Crippen LogP contribution in [0.4, 0.5) is 5.82 Å². The molecule has 0 bridgehead atoms. The third-order valence-electron chi connectivity index (χ3n) is 3.60. The standard InChI is InChI=1S/C17H19N3S/c1-10-9-14-7-5-6-8-15(14)20-17(10)19-12(3)16-11(2)18-13(4)21-16/h5-9,12H,1-4H3,(H,19,20). The van der Waals surface area contributed by atoms with Crippen molar-refractivity contribution in [2.45, 2.75) is 33.7 Å². The lowest BCUT2D eigenvalue weighted by Gasteiger charge is -2.16. The van der Waals surface area contributed by atoms with E-state index in [0.717, 1.165) is 22.0 Å². The molecule has 0 fully saturated rings. The lowest BCUT2D eigenvalue weighted by Crippen LogP contribution is -2.09. The highest BCUT2D eigenvalue weighted by Gasteiger charge is 2.14. The Morgan fingerprint density at radius 1 is 1.10 bits per heavy atom. The van der Waals surface area contributed by atoms with Crippen molar-refractivity contribution in [2.75, 3.05) is 5.32 Å². The van der Waals surface area contributed by atoms with Gasteiger partial charge in [0, 0.05) is 10.3 Å². The number of anilines is 1. The highest BCUT2D eigenvalue weighted by molar-refractivity contribution is 7.11. The van der Waals surface area contributed by atoms with Gasteiger partial charge in [-0.1, -0.05) is 18.2 Å². The summed E-state index contributed by atoms with van der Waals surface area (Å²) in [7, 11) is 0. The number of fused-ring (bicyclic) bond motifs is 1. The number of nitrogens with zero attached hydrogens (tertiary/aromatic N) is 2. The van der Waals surface area contributed by atoms with Crippen LogP contribution in [0, 0.1) is 20.8 Å². The Hall–Kier alpha value is -1.94. The lowest BCUT2D eigenvalue weighted by molar-refractivity contribution is 0.879. The normalized spacial score (nSPS) is 12.6. The number of para-hydroxylation sites is 1. The molecule has 0 saturated carbocycles. The van der Waals surface area contributed by atoms with E-state index in [1.165, 1.54) is 15.8 Å². The first-order chi connectivity index (χ1) is 10.0. The van der Waals surface area contributed by atoms with E-state index in [1.807, 2.05) is 25.1 Å². The van der Waals surface area contributed by atoms with Gasteiger partial charge >= 0.3 is 0 Å². The van der Waals surface area contributed by atoms with E-state index in [1.54, 1.807) is 11.3 Å². The van der Waals surface area contributed by atoms with Crippen molar-refractivity contribution in [3.05, 3.63) is 51.5 Å².